The fourth-order valence-electron chi connectivity index (χ4n) is 3.86. The summed E-state index contributed by atoms with van der Waals surface area (Å²) in [7, 11) is 0. The van der Waals surface area contributed by atoms with Crippen LogP contribution in [-0.4, -0.2) is 32.1 Å². The molecule has 0 aliphatic carbocycles. The lowest BCUT2D eigenvalue weighted by Crippen LogP contribution is -2.32. The van der Waals surface area contributed by atoms with Gasteiger partial charge in [-0.2, -0.15) is 0 Å². The van der Waals surface area contributed by atoms with Gasteiger partial charge in [-0.15, -0.1) is 11.3 Å². The number of aryl methyl sites for hydroxylation is 1. The fraction of sp³-hybridized carbons (Fsp3) is 0.160. The molecule has 0 saturated carbocycles. The van der Waals surface area contributed by atoms with Crippen LogP contribution in [0.5, 0.6) is 0 Å². The molecule has 0 fully saturated rings. The Hall–Kier alpha value is -3.71. The van der Waals surface area contributed by atoms with E-state index in [1.807, 2.05) is 60.8 Å². The second-order valence-electron chi connectivity index (χ2n) is 7.65. The van der Waals surface area contributed by atoms with Gasteiger partial charge in [0.1, 0.15) is 16.7 Å². The molecule has 0 aliphatic rings. The Labute approximate surface area is 189 Å². The summed E-state index contributed by atoms with van der Waals surface area (Å²) < 4.78 is 0. The van der Waals surface area contributed by atoms with Gasteiger partial charge in [0.05, 0.1) is 5.39 Å². The van der Waals surface area contributed by atoms with Crippen molar-refractivity contribution >= 4 is 44.2 Å². The van der Waals surface area contributed by atoms with Gasteiger partial charge in [-0.25, -0.2) is 14.8 Å². The fourth-order valence-corrected chi connectivity index (χ4v) is 4.82. The van der Waals surface area contributed by atoms with Crippen molar-refractivity contribution < 1.29 is 9.90 Å². The van der Waals surface area contributed by atoms with E-state index in [-0.39, 0.29) is 0 Å². The van der Waals surface area contributed by atoms with E-state index in [0.717, 1.165) is 38.7 Å². The zero-order valence-corrected chi connectivity index (χ0v) is 18.3. The van der Waals surface area contributed by atoms with Crippen molar-refractivity contribution in [3.63, 3.8) is 0 Å². The molecule has 7 heteroatoms. The van der Waals surface area contributed by atoms with E-state index in [2.05, 4.69) is 23.3 Å². The molecule has 0 radical (unpaired) electrons. The van der Waals surface area contributed by atoms with Gasteiger partial charge in [-0.05, 0) is 24.1 Å². The molecule has 1 atom stereocenters. The number of hydrogen-bond acceptors (Lipinski definition) is 5. The first-order valence-electron chi connectivity index (χ1n) is 10.5. The number of aliphatic carboxylic acids is 1. The molecule has 0 bridgehead atoms. The highest BCUT2D eigenvalue weighted by molar-refractivity contribution is 7.18. The van der Waals surface area contributed by atoms with Crippen LogP contribution in [0.25, 0.3) is 32.5 Å². The summed E-state index contributed by atoms with van der Waals surface area (Å²) >= 11 is 1.62. The largest absolute Gasteiger partial charge is 0.480 e. The van der Waals surface area contributed by atoms with E-state index < -0.39 is 12.0 Å². The Morgan fingerprint density at radius 2 is 1.88 bits per heavy atom. The summed E-state index contributed by atoms with van der Waals surface area (Å²) in [5.41, 5.74) is 2.84. The summed E-state index contributed by atoms with van der Waals surface area (Å²) in [5, 5.41) is 15.1. The summed E-state index contributed by atoms with van der Waals surface area (Å²) in [5.74, 6) is 0.215. The van der Waals surface area contributed by atoms with Gasteiger partial charge >= 0.3 is 5.97 Å². The number of rotatable bonds is 7. The topological polar surface area (TPSA) is 90.9 Å². The first kappa shape index (κ1) is 20.2. The van der Waals surface area contributed by atoms with Crippen LogP contribution in [0.15, 0.2) is 66.9 Å². The molecule has 2 aromatic carbocycles. The number of carboxylic acids is 1. The van der Waals surface area contributed by atoms with Crippen molar-refractivity contribution in [3.8, 4) is 11.4 Å². The van der Waals surface area contributed by atoms with E-state index in [1.165, 1.54) is 4.88 Å². The van der Waals surface area contributed by atoms with Crippen molar-refractivity contribution in [1.82, 2.24) is 15.0 Å². The first-order chi connectivity index (χ1) is 15.6. The quantitative estimate of drug-likeness (QED) is 0.309. The van der Waals surface area contributed by atoms with E-state index in [1.54, 1.807) is 11.3 Å². The molecule has 0 spiro atoms. The van der Waals surface area contributed by atoms with Crippen LogP contribution in [0.2, 0.25) is 0 Å². The van der Waals surface area contributed by atoms with E-state index in [9.17, 15) is 9.90 Å². The van der Waals surface area contributed by atoms with Crippen molar-refractivity contribution in [2.24, 2.45) is 0 Å². The van der Waals surface area contributed by atoms with Gasteiger partial charge in [0.25, 0.3) is 0 Å². The highest BCUT2D eigenvalue weighted by atomic mass is 32.1. The normalized spacial score (nSPS) is 12.3. The molecule has 1 unspecified atom stereocenters. The van der Waals surface area contributed by atoms with Gasteiger partial charge in [0, 0.05) is 34.0 Å². The Bertz CT molecular complexity index is 1410. The molecule has 3 heterocycles. The van der Waals surface area contributed by atoms with E-state index in [0.29, 0.717) is 18.1 Å². The monoisotopic (exact) mass is 442 g/mol. The molecule has 0 aliphatic heterocycles. The molecule has 6 nitrogen and oxygen atoms in total. The van der Waals surface area contributed by atoms with Gasteiger partial charge in [0.2, 0.25) is 0 Å². The van der Waals surface area contributed by atoms with Crippen molar-refractivity contribution in [3.05, 3.63) is 77.3 Å². The molecule has 160 valence electrons. The second-order valence-corrected chi connectivity index (χ2v) is 8.76. The average Bonchev–Trinajstić information content (AvgIpc) is 3.43. The van der Waals surface area contributed by atoms with E-state index >= 15 is 0 Å². The van der Waals surface area contributed by atoms with Crippen molar-refractivity contribution in [1.29, 1.82) is 0 Å². The van der Waals surface area contributed by atoms with Crippen LogP contribution in [-0.2, 0) is 17.6 Å². The van der Waals surface area contributed by atoms with Crippen LogP contribution in [0.4, 0.5) is 5.82 Å². The lowest BCUT2D eigenvalue weighted by Gasteiger charge is -2.16. The third-order valence-corrected chi connectivity index (χ3v) is 6.71. The number of carboxylic acid groups (broad SMARTS) is 1. The van der Waals surface area contributed by atoms with Gasteiger partial charge in [-0.3, -0.25) is 0 Å². The number of aromatic amines is 1. The molecule has 32 heavy (non-hydrogen) atoms. The number of carbonyl (C=O) groups is 1. The minimum Gasteiger partial charge on any atom is -0.480 e. The van der Waals surface area contributed by atoms with Gasteiger partial charge in [-0.1, -0.05) is 55.5 Å². The number of benzene rings is 2. The number of aromatic nitrogens is 3. The SMILES string of the molecule is CCc1cc2c(NC(Cc3c[nH]c4ccccc34)C(=O)O)nc(-c3ccccc3)nc2s1. The van der Waals surface area contributed by atoms with Gasteiger partial charge in [0.15, 0.2) is 5.82 Å². The third-order valence-electron chi connectivity index (χ3n) is 5.53. The minimum absolute atomic E-state index is 0.330. The molecule has 5 aromatic rings. The van der Waals surface area contributed by atoms with Crippen LogP contribution < -0.4 is 5.32 Å². The highest BCUT2D eigenvalue weighted by Crippen LogP contribution is 2.32. The number of hydrogen-bond donors (Lipinski definition) is 3. The summed E-state index contributed by atoms with van der Waals surface area (Å²) in [6.45, 7) is 2.10. The zero-order chi connectivity index (χ0) is 22.1. The van der Waals surface area contributed by atoms with Gasteiger partial charge < -0.3 is 15.4 Å². The molecule has 0 amide bonds. The van der Waals surface area contributed by atoms with Crippen LogP contribution in [0, 0.1) is 0 Å². The van der Waals surface area contributed by atoms with Crippen LogP contribution in [0.3, 0.4) is 0 Å². The summed E-state index contributed by atoms with van der Waals surface area (Å²) in [6.07, 6.45) is 3.10. The third kappa shape index (κ3) is 3.83. The Kier molecular flexibility index (Phi) is 5.33. The number of nitrogens with one attached hydrogen (secondary N) is 2. The molecule has 0 saturated heterocycles. The number of anilines is 1. The van der Waals surface area contributed by atoms with Crippen molar-refractivity contribution in [2.45, 2.75) is 25.8 Å². The second kappa shape index (κ2) is 8.43. The minimum atomic E-state index is -0.922. The molecule has 5 rings (SSSR count). The molecule has 3 aromatic heterocycles. The highest BCUT2D eigenvalue weighted by Gasteiger charge is 2.22. The number of para-hydroxylation sites is 1. The Morgan fingerprint density at radius 1 is 1.09 bits per heavy atom. The Balaban J connectivity index is 1.55. The lowest BCUT2D eigenvalue weighted by atomic mass is 10.0. The maximum absolute atomic E-state index is 12.2. The summed E-state index contributed by atoms with van der Waals surface area (Å²) in [4.78, 5) is 27.0. The van der Waals surface area contributed by atoms with Crippen molar-refractivity contribution in [2.75, 3.05) is 5.32 Å². The number of H-pyrrole nitrogens is 1. The van der Waals surface area contributed by atoms with E-state index in [4.69, 9.17) is 9.97 Å². The summed E-state index contributed by atoms with van der Waals surface area (Å²) in [6, 6.07) is 18.9. The number of nitrogens with zero attached hydrogens (tertiary/aromatic N) is 2. The predicted octanol–water partition coefficient (Wildman–Crippen LogP) is 5.51. The lowest BCUT2D eigenvalue weighted by molar-refractivity contribution is -0.137. The first-order valence-corrected chi connectivity index (χ1v) is 11.3. The molecular formula is C25H22N4O2S. The maximum Gasteiger partial charge on any atom is 0.326 e. The molecule has 3 N–H and O–H groups in total. The predicted molar refractivity (Wildman–Crippen MR) is 129 cm³/mol. The van der Waals surface area contributed by atoms with Crippen LogP contribution >= 0.6 is 11.3 Å². The number of fused-ring (bicyclic) bond motifs is 2. The average molecular weight is 443 g/mol. The smallest absolute Gasteiger partial charge is 0.326 e. The number of thiophene rings is 1. The Morgan fingerprint density at radius 3 is 2.66 bits per heavy atom. The zero-order valence-electron chi connectivity index (χ0n) is 17.5. The maximum atomic E-state index is 12.2. The van der Waals surface area contributed by atoms with Crippen LogP contribution in [0.1, 0.15) is 17.4 Å². The molecular weight excluding hydrogens is 420 g/mol. The standard InChI is InChI=1S/C25H22N4O2S/c1-2-17-13-19-23(28-22(29-24(19)32-17)15-8-4-3-5-9-15)27-21(25(30)31)12-16-14-26-20-11-7-6-10-18(16)20/h3-11,13-14,21,26H,2,12H2,1H3,(H,30,31)(H,27,28,29).